The fourth-order valence-electron chi connectivity index (χ4n) is 3.25. The van der Waals surface area contributed by atoms with Gasteiger partial charge in [0.1, 0.15) is 4.70 Å². The average Bonchev–Trinajstić information content (AvgIpc) is 2.95. The highest BCUT2D eigenvalue weighted by atomic mass is 35.5. The molecular formula is C20H17ClN2OS. The molecule has 0 saturated carbocycles. The number of anilines is 1. The molecule has 0 amide bonds. The van der Waals surface area contributed by atoms with Gasteiger partial charge in [-0.3, -0.25) is 4.79 Å². The van der Waals surface area contributed by atoms with Gasteiger partial charge in [-0.15, -0.1) is 11.3 Å². The Morgan fingerprint density at radius 2 is 1.96 bits per heavy atom. The van der Waals surface area contributed by atoms with Crippen molar-refractivity contribution in [3.63, 3.8) is 0 Å². The van der Waals surface area contributed by atoms with Gasteiger partial charge in [-0.25, -0.2) is 0 Å². The molecule has 0 fully saturated rings. The number of thiophene rings is 1. The van der Waals surface area contributed by atoms with Crippen LogP contribution in [0, 0.1) is 5.92 Å². The predicted molar refractivity (Wildman–Crippen MR) is 108 cm³/mol. The molecule has 0 bridgehead atoms. The highest BCUT2D eigenvalue weighted by Crippen LogP contribution is 2.38. The summed E-state index contributed by atoms with van der Waals surface area (Å²) >= 11 is 7.41. The molecule has 1 aromatic carbocycles. The van der Waals surface area contributed by atoms with Crippen LogP contribution in [0.3, 0.4) is 0 Å². The number of aromatic amines is 1. The van der Waals surface area contributed by atoms with Crippen LogP contribution in [0.25, 0.3) is 22.0 Å². The van der Waals surface area contributed by atoms with E-state index in [4.69, 9.17) is 11.6 Å². The largest absolute Gasteiger partial charge is 0.353 e. The predicted octanol–water partition coefficient (Wildman–Crippen LogP) is 5.73. The molecule has 1 aliphatic heterocycles. The van der Waals surface area contributed by atoms with Gasteiger partial charge in [-0.1, -0.05) is 50.2 Å². The molecule has 3 nitrogen and oxygen atoms in total. The minimum Gasteiger partial charge on any atom is -0.353 e. The Hall–Kier alpha value is -2.30. The Balaban J connectivity index is 2.02. The number of para-hydroxylation sites is 1. The average molecular weight is 369 g/mol. The molecule has 2 aromatic heterocycles. The van der Waals surface area contributed by atoms with Gasteiger partial charge < -0.3 is 9.88 Å². The van der Waals surface area contributed by atoms with E-state index in [-0.39, 0.29) is 11.3 Å². The molecule has 3 aromatic rings. The van der Waals surface area contributed by atoms with Crippen molar-refractivity contribution >= 4 is 50.6 Å². The van der Waals surface area contributed by atoms with E-state index in [1.807, 2.05) is 36.4 Å². The number of halogens is 1. The lowest BCUT2D eigenvalue weighted by Crippen LogP contribution is -2.30. The zero-order chi connectivity index (χ0) is 17.7. The maximum absolute atomic E-state index is 13.1. The molecule has 1 aliphatic rings. The highest BCUT2D eigenvalue weighted by Gasteiger charge is 2.28. The number of nitrogens with zero attached hydrogens (tertiary/aromatic N) is 1. The third-order valence-corrected chi connectivity index (χ3v) is 5.65. The Kier molecular flexibility index (Phi) is 3.82. The summed E-state index contributed by atoms with van der Waals surface area (Å²) in [6, 6.07) is 11.8. The van der Waals surface area contributed by atoms with Gasteiger partial charge in [0.2, 0.25) is 5.43 Å². The number of pyridine rings is 1. The lowest BCUT2D eigenvalue weighted by atomic mass is 9.96. The molecular weight excluding hydrogens is 352 g/mol. The zero-order valence-corrected chi connectivity index (χ0v) is 15.5. The number of benzene rings is 1. The van der Waals surface area contributed by atoms with Crippen LogP contribution in [-0.4, -0.2) is 4.98 Å². The van der Waals surface area contributed by atoms with E-state index >= 15 is 0 Å². The first kappa shape index (κ1) is 16.2. The standard InChI is InChI=1S/C20H17ClN2OS/c1-11(2)16-9-14-18(12(3)23(16)13-7-5-4-6-8-13)19(24)20-15(22-14)10-17(21)25-20/h4-11H,3H2,1-2H3,(H,22,24). The van der Waals surface area contributed by atoms with Crippen molar-refractivity contribution in [2.45, 2.75) is 13.8 Å². The van der Waals surface area contributed by atoms with E-state index < -0.39 is 0 Å². The Morgan fingerprint density at radius 1 is 1.24 bits per heavy atom. The summed E-state index contributed by atoms with van der Waals surface area (Å²) in [6.45, 7) is 8.53. The van der Waals surface area contributed by atoms with E-state index in [0.29, 0.717) is 20.3 Å². The lowest BCUT2D eigenvalue weighted by Gasteiger charge is -2.35. The normalized spacial score (nSPS) is 14.2. The number of nitrogens with one attached hydrogen (secondary N) is 1. The maximum Gasteiger partial charge on any atom is 0.209 e. The number of hydrogen-bond donors (Lipinski definition) is 1. The number of rotatable bonds is 2. The number of H-pyrrole nitrogens is 1. The third-order valence-electron chi connectivity index (χ3n) is 4.39. The summed E-state index contributed by atoms with van der Waals surface area (Å²) in [4.78, 5) is 18.5. The Morgan fingerprint density at radius 3 is 2.64 bits per heavy atom. The maximum atomic E-state index is 13.1. The van der Waals surface area contributed by atoms with Crippen LogP contribution in [0.1, 0.15) is 25.1 Å². The molecule has 0 aliphatic carbocycles. The fourth-order valence-corrected chi connectivity index (χ4v) is 4.37. The number of aromatic nitrogens is 1. The minimum absolute atomic E-state index is 0.0226. The van der Waals surface area contributed by atoms with Gasteiger partial charge in [-0.05, 0) is 30.2 Å². The summed E-state index contributed by atoms with van der Waals surface area (Å²) in [7, 11) is 0. The van der Waals surface area contributed by atoms with Crippen molar-refractivity contribution in [3.8, 4) is 0 Å². The summed E-state index contributed by atoms with van der Waals surface area (Å²) in [6.07, 6.45) is 2.05. The van der Waals surface area contributed by atoms with Crippen LogP contribution >= 0.6 is 22.9 Å². The second kappa shape index (κ2) is 5.90. The molecule has 5 heteroatoms. The molecule has 0 unspecified atom stereocenters. The van der Waals surface area contributed by atoms with Crippen molar-refractivity contribution in [1.82, 2.24) is 4.98 Å². The molecule has 126 valence electrons. The van der Waals surface area contributed by atoms with Crippen molar-refractivity contribution in [2.75, 3.05) is 4.90 Å². The van der Waals surface area contributed by atoms with Gasteiger partial charge in [-0.2, -0.15) is 0 Å². The number of hydrogen-bond acceptors (Lipinski definition) is 3. The van der Waals surface area contributed by atoms with Crippen molar-refractivity contribution < 1.29 is 0 Å². The Bertz CT molecular complexity index is 1080. The van der Waals surface area contributed by atoms with Crippen molar-refractivity contribution in [3.05, 3.63) is 74.5 Å². The first-order valence-corrected chi connectivity index (χ1v) is 9.28. The number of fused-ring (bicyclic) bond motifs is 2. The van der Waals surface area contributed by atoms with Gasteiger partial charge >= 0.3 is 0 Å². The molecule has 3 heterocycles. The lowest BCUT2D eigenvalue weighted by molar-refractivity contribution is 0.750. The molecule has 0 atom stereocenters. The quantitative estimate of drug-likeness (QED) is 0.626. The van der Waals surface area contributed by atoms with Crippen molar-refractivity contribution in [1.29, 1.82) is 0 Å². The summed E-state index contributed by atoms with van der Waals surface area (Å²) in [5.41, 5.74) is 4.96. The van der Waals surface area contributed by atoms with E-state index in [9.17, 15) is 4.79 Å². The topological polar surface area (TPSA) is 36.1 Å². The fraction of sp³-hybridized carbons (Fsp3) is 0.150. The molecule has 4 rings (SSSR count). The monoisotopic (exact) mass is 368 g/mol. The van der Waals surface area contributed by atoms with Gasteiger partial charge in [0.25, 0.3) is 0 Å². The second-order valence-electron chi connectivity index (χ2n) is 6.38. The van der Waals surface area contributed by atoms with Gasteiger partial charge in [0.15, 0.2) is 0 Å². The van der Waals surface area contributed by atoms with Crippen LogP contribution in [0.5, 0.6) is 0 Å². The minimum atomic E-state index is -0.0226. The Labute approximate surface area is 154 Å². The smallest absolute Gasteiger partial charge is 0.209 e. The number of allylic oxidation sites excluding steroid dienone is 1. The van der Waals surface area contributed by atoms with Crippen LogP contribution in [0.2, 0.25) is 4.34 Å². The van der Waals surface area contributed by atoms with Crippen LogP contribution in [0.15, 0.2) is 53.5 Å². The van der Waals surface area contributed by atoms with E-state index in [1.54, 1.807) is 6.07 Å². The van der Waals surface area contributed by atoms with Crippen LogP contribution in [0.4, 0.5) is 5.69 Å². The SMILES string of the molecule is C=C1c2c([nH]c3cc(Cl)sc3c2=O)C=C(C(C)C)N1c1ccccc1. The molecule has 0 radical (unpaired) electrons. The summed E-state index contributed by atoms with van der Waals surface area (Å²) < 4.78 is 1.24. The van der Waals surface area contributed by atoms with Crippen LogP contribution in [-0.2, 0) is 0 Å². The highest BCUT2D eigenvalue weighted by molar-refractivity contribution is 7.22. The van der Waals surface area contributed by atoms with Gasteiger partial charge in [0.05, 0.1) is 26.8 Å². The third kappa shape index (κ3) is 2.53. The molecule has 0 saturated heterocycles. The molecule has 25 heavy (non-hydrogen) atoms. The van der Waals surface area contributed by atoms with Gasteiger partial charge in [0, 0.05) is 11.4 Å². The summed E-state index contributed by atoms with van der Waals surface area (Å²) in [5, 5.41) is 0. The van der Waals surface area contributed by atoms with Crippen molar-refractivity contribution in [2.24, 2.45) is 5.92 Å². The van der Waals surface area contributed by atoms with Crippen LogP contribution < -0.4 is 10.3 Å². The van der Waals surface area contributed by atoms with E-state index in [0.717, 1.165) is 22.6 Å². The first-order valence-electron chi connectivity index (χ1n) is 8.08. The summed E-state index contributed by atoms with van der Waals surface area (Å²) in [5.74, 6) is 0.273. The van der Waals surface area contributed by atoms with E-state index in [2.05, 4.69) is 30.3 Å². The van der Waals surface area contributed by atoms with E-state index in [1.165, 1.54) is 11.3 Å². The second-order valence-corrected chi connectivity index (χ2v) is 8.06. The zero-order valence-electron chi connectivity index (χ0n) is 14.0. The first-order chi connectivity index (χ1) is 12.0. The molecule has 1 N–H and O–H groups in total. The molecule has 0 spiro atoms.